The van der Waals surface area contributed by atoms with Gasteiger partial charge in [0.25, 0.3) is 0 Å². The topological polar surface area (TPSA) is 20.7 Å². The molecule has 0 unspecified atom stereocenters. The van der Waals surface area contributed by atoms with Gasteiger partial charge in [0.15, 0.2) is 0 Å². The number of benzene rings is 4. The number of aromatic amines is 1. The van der Waals surface area contributed by atoms with Gasteiger partial charge in [-0.05, 0) is 41.8 Å². The molecule has 2 heteroatoms. The molecular weight excluding hydrogens is 316 g/mol. The van der Waals surface area contributed by atoms with E-state index in [1.807, 2.05) is 0 Å². The van der Waals surface area contributed by atoms with Crippen molar-refractivity contribution in [2.75, 3.05) is 0 Å². The van der Waals surface area contributed by atoms with Crippen LogP contribution in [0, 0.1) is 0 Å². The summed E-state index contributed by atoms with van der Waals surface area (Å²) >= 11 is 0. The molecular formula is C24H16N2. The average molecular weight is 332 g/mol. The summed E-state index contributed by atoms with van der Waals surface area (Å²) in [6.07, 6.45) is 2.15. The van der Waals surface area contributed by atoms with Crippen LogP contribution in [-0.2, 0) is 0 Å². The zero-order valence-corrected chi connectivity index (χ0v) is 14.1. The van der Waals surface area contributed by atoms with E-state index in [0.29, 0.717) is 0 Å². The fourth-order valence-corrected chi connectivity index (χ4v) is 4.09. The van der Waals surface area contributed by atoms with Gasteiger partial charge in [0.2, 0.25) is 0 Å². The molecule has 0 fully saturated rings. The van der Waals surface area contributed by atoms with E-state index in [4.69, 9.17) is 0 Å². The van der Waals surface area contributed by atoms with E-state index in [-0.39, 0.29) is 0 Å². The van der Waals surface area contributed by atoms with Crippen LogP contribution < -0.4 is 0 Å². The van der Waals surface area contributed by atoms with Crippen molar-refractivity contribution >= 4 is 43.5 Å². The Labute approximate surface area is 150 Å². The molecule has 0 atom stereocenters. The van der Waals surface area contributed by atoms with Crippen LogP contribution in [-0.4, -0.2) is 9.55 Å². The van der Waals surface area contributed by atoms with Gasteiger partial charge >= 0.3 is 0 Å². The Balaban J connectivity index is 1.75. The van der Waals surface area contributed by atoms with Crippen molar-refractivity contribution in [2.24, 2.45) is 0 Å². The monoisotopic (exact) mass is 332 g/mol. The van der Waals surface area contributed by atoms with Gasteiger partial charge in [0.1, 0.15) is 0 Å². The van der Waals surface area contributed by atoms with Crippen LogP contribution in [0.15, 0.2) is 91.1 Å². The van der Waals surface area contributed by atoms with Crippen LogP contribution >= 0.6 is 0 Å². The molecule has 0 saturated carbocycles. The van der Waals surface area contributed by atoms with Crippen LogP contribution in [0.1, 0.15) is 0 Å². The SMILES string of the molecule is c1ccc(-n2ccc3cc4ccc5c6ccccc6[nH]c5c4cc32)cc1. The van der Waals surface area contributed by atoms with Gasteiger partial charge in [-0.1, -0.05) is 48.5 Å². The first kappa shape index (κ1) is 13.7. The summed E-state index contributed by atoms with van der Waals surface area (Å²) in [5.41, 5.74) is 4.82. The van der Waals surface area contributed by atoms with E-state index in [1.165, 1.54) is 49.2 Å². The molecule has 1 N–H and O–H groups in total. The predicted octanol–water partition coefficient (Wildman–Crippen LogP) is 6.42. The second-order valence-corrected chi connectivity index (χ2v) is 6.81. The third-order valence-corrected chi connectivity index (χ3v) is 5.34. The third kappa shape index (κ3) is 1.81. The zero-order chi connectivity index (χ0) is 17.1. The molecule has 26 heavy (non-hydrogen) atoms. The summed E-state index contributed by atoms with van der Waals surface area (Å²) in [7, 11) is 0. The summed E-state index contributed by atoms with van der Waals surface area (Å²) in [5.74, 6) is 0. The summed E-state index contributed by atoms with van der Waals surface area (Å²) in [5, 5.41) is 6.36. The van der Waals surface area contributed by atoms with Crippen molar-refractivity contribution < 1.29 is 0 Å². The number of hydrogen-bond donors (Lipinski definition) is 1. The highest BCUT2D eigenvalue weighted by Crippen LogP contribution is 2.34. The van der Waals surface area contributed by atoms with Crippen molar-refractivity contribution in [3.05, 3.63) is 91.1 Å². The lowest BCUT2D eigenvalue weighted by Crippen LogP contribution is -1.90. The molecule has 0 bridgehead atoms. The zero-order valence-electron chi connectivity index (χ0n) is 14.1. The number of fused-ring (bicyclic) bond motifs is 6. The molecule has 2 heterocycles. The van der Waals surface area contributed by atoms with Crippen LogP contribution in [0.4, 0.5) is 0 Å². The van der Waals surface area contributed by atoms with Gasteiger partial charge in [-0.15, -0.1) is 0 Å². The van der Waals surface area contributed by atoms with E-state index in [1.54, 1.807) is 0 Å². The average Bonchev–Trinajstić information content (AvgIpc) is 3.28. The molecule has 4 aromatic carbocycles. The Morgan fingerprint density at radius 3 is 2.38 bits per heavy atom. The van der Waals surface area contributed by atoms with E-state index in [2.05, 4.69) is 101 Å². The first-order valence-corrected chi connectivity index (χ1v) is 8.88. The Morgan fingerprint density at radius 2 is 1.46 bits per heavy atom. The van der Waals surface area contributed by atoms with Crippen molar-refractivity contribution in [3.63, 3.8) is 0 Å². The van der Waals surface area contributed by atoms with E-state index in [9.17, 15) is 0 Å². The molecule has 0 aliphatic heterocycles. The molecule has 0 saturated heterocycles. The summed E-state index contributed by atoms with van der Waals surface area (Å²) < 4.78 is 2.26. The lowest BCUT2D eigenvalue weighted by Gasteiger charge is -2.07. The molecule has 122 valence electrons. The number of nitrogens with zero attached hydrogens (tertiary/aromatic N) is 1. The number of aromatic nitrogens is 2. The molecule has 0 aliphatic rings. The number of H-pyrrole nitrogens is 1. The molecule has 2 nitrogen and oxygen atoms in total. The molecule has 6 rings (SSSR count). The van der Waals surface area contributed by atoms with E-state index >= 15 is 0 Å². The molecule has 0 aliphatic carbocycles. The molecule has 2 aromatic heterocycles. The first-order valence-electron chi connectivity index (χ1n) is 8.88. The predicted molar refractivity (Wildman–Crippen MR) is 110 cm³/mol. The van der Waals surface area contributed by atoms with Gasteiger partial charge < -0.3 is 9.55 Å². The molecule has 0 radical (unpaired) electrons. The normalized spacial score (nSPS) is 11.8. The first-order chi connectivity index (χ1) is 12.9. The fraction of sp³-hybridized carbons (Fsp3) is 0. The highest BCUT2D eigenvalue weighted by Gasteiger charge is 2.10. The number of rotatable bonds is 1. The van der Waals surface area contributed by atoms with Crippen molar-refractivity contribution in [2.45, 2.75) is 0 Å². The summed E-state index contributed by atoms with van der Waals surface area (Å²) in [6.45, 7) is 0. The number of para-hydroxylation sites is 2. The minimum Gasteiger partial charge on any atom is -0.354 e. The van der Waals surface area contributed by atoms with Gasteiger partial charge in [-0.25, -0.2) is 0 Å². The van der Waals surface area contributed by atoms with Crippen LogP contribution in [0.2, 0.25) is 0 Å². The minimum absolute atomic E-state index is 1.19. The Kier molecular flexibility index (Phi) is 2.64. The third-order valence-electron chi connectivity index (χ3n) is 5.34. The van der Waals surface area contributed by atoms with Crippen LogP contribution in [0.5, 0.6) is 0 Å². The maximum Gasteiger partial charge on any atom is 0.0545 e. The summed E-state index contributed by atoms with van der Waals surface area (Å²) in [4.78, 5) is 3.63. The lowest BCUT2D eigenvalue weighted by molar-refractivity contribution is 1.13. The molecule has 0 spiro atoms. The maximum absolute atomic E-state index is 3.63. The molecule has 6 aromatic rings. The largest absolute Gasteiger partial charge is 0.354 e. The Hall–Kier alpha value is -3.52. The fourth-order valence-electron chi connectivity index (χ4n) is 4.09. The van der Waals surface area contributed by atoms with Gasteiger partial charge in [-0.3, -0.25) is 0 Å². The highest BCUT2D eigenvalue weighted by molar-refractivity contribution is 6.18. The highest BCUT2D eigenvalue weighted by atomic mass is 15.0. The number of hydrogen-bond acceptors (Lipinski definition) is 0. The van der Waals surface area contributed by atoms with Gasteiger partial charge in [-0.2, -0.15) is 0 Å². The maximum atomic E-state index is 3.63. The van der Waals surface area contributed by atoms with Gasteiger partial charge in [0.05, 0.1) is 11.0 Å². The quantitative estimate of drug-likeness (QED) is 0.359. The number of nitrogens with one attached hydrogen (secondary N) is 1. The Morgan fingerprint density at radius 1 is 0.615 bits per heavy atom. The van der Waals surface area contributed by atoms with E-state index in [0.717, 1.165) is 0 Å². The second-order valence-electron chi connectivity index (χ2n) is 6.81. The molecule has 0 amide bonds. The van der Waals surface area contributed by atoms with Crippen molar-refractivity contribution in [1.82, 2.24) is 9.55 Å². The Bertz CT molecular complexity index is 1420. The van der Waals surface area contributed by atoms with Crippen molar-refractivity contribution in [3.8, 4) is 5.69 Å². The van der Waals surface area contributed by atoms with Gasteiger partial charge in [0, 0.05) is 38.9 Å². The minimum atomic E-state index is 1.19. The summed E-state index contributed by atoms with van der Waals surface area (Å²) in [6, 6.07) is 30.3. The van der Waals surface area contributed by atoms with Crippen LogP contribution in [0.3, 0.4) is 0 Å². The smallest absolute Gasteiger partial charge is 0.0545 e. The van der Waals surface area contributed by atoms with E-state index < -0.39 is 0 Å². The standard InChI is InChI=1S/C24H16N2/c1-2-6-18(7-3-1)26-13-12-17-14-16-10-11-20-19-8-4-5-9-22(19)25-24(20)21(16)15-23(17)26/h1-15,25H. The second kappa shape index (κ2) is 4.99. The van der Waals surface area contributed by atoms with Crippen molar-refractivity contribution in [1.29, 1.82) is 0 Å². The lowest BCUT2D eigenvalue weighted by atomic mass is 10.0. The van der Waals surface area contributed by atoms with Crippen LogP contribution in [0.25, 0.3) is 49.2 Å².